The van der Waals surface area contributed by atoms with Gasteiger partial charge in [0.15, 0.2) is 0 Å². The van der Waals surface area contributed by atoms with Gasteiger partial charge in [0.25, 0.3) is 0 Å². The predicted molar refractivity (Wildman–Crippen MR) is 61.5 cm³/mol. The summed E-state index contributed by atoms with van der Waals surface area (Å²) in [5, 5.41) is 0. The van der Waals surface area contributed by atoms with E-state index in [1.165, 1.54) is 38.5 Å². The fourth-order valence-corrected chi connectivity index (χ4v) is 1.12. The lowest BCUT2D eigenvalue weighted by Gasteiger charge is -1.95. The van der Waals surface area contributed by atoms with Crippen LogP contribution in [0.15, 0.2) is 0 Å². The molecular weight excluding hydrogens is 223 g/mol. The van der Waals surface area contributed by atoms with E-state index in [1.807, 2.05) is 0 Å². The summed E-state index contributed by atoms with van der Waals surface area (Å²) in [4.78, 5) is 21.6. The maximum atomic E-state index is 8.88. The summed E-state index contributed by atoms with van der Waals surface area (Å²) in [7, 11) is -4.64. The summed E-state index contributed by atoms with van der Waals surface area (Å²) in [6.45, 7) is 2.25. The van der Waals surface area contributed by atoms with Gasteiger partial charge in [0, 0.05) is 0 Å². The fourth-order valence-electron chi connectivity index (χ4n) is 0.892. The molecule has 3 N–H and O–H groups in total. The van der Waals surface area contributed by atoms with Gasteiger partial charge in [-0.1, -0.05) is 39.0 Å². The average molecular weight is 244 g/mol. The van der Waals surface area contributed by atoms with Gasteiger partial charge in [-0.05, 0) is 12.2 Å². The van der Waals surface area contributed by atoms with Crippen molar-refractivity contribution in [3.63, 3.8) is 0 Å². The first-order valence-electron chi connectivity index (χ1n) is 4.81. The number of unbranched alkanes of at least 4 members (excludes halogenated alkanes) is 5. The zero-order valence-electron chi connectivity index (χ0n) is 8.59. The van der Waals surface area contributed by atoms with Gasteiger partial charge < -0.3 is 14.7 Å². The Kier molecular flexibility index (Phi) is 13.9. The molecular formula is C8H21O4PS. The van der Waals surface area contributed by atoms with Crippen LogP contribution in [0.3, 0.4) is 0 Å². The molecule has 0 aliphatic carbocycles. The van der Waals surface area contributed by atoms with E-state index in [9.17, 15) is 0 Å². The van der Waals surface area contributed by atoms with Crippen LogP contribution in [-0.4, -0.2) is 20.4 Å². The molecule has 0 aromatic heterocycles. The third kappa shape index (κ3) is 39.2. The van der Waals surface area contributed by atoms with Crippen LogP contribution >= 0.6 is 20.5 Å². The van der Waals surface area contributed by atoms with Crippen LogP contribution in [0, 0.1) is 0 Å². The van der Waals surface area contributed by atoms with Crippen molar-refractivity contribution in [2.45, 2.75) is 45.4 Å². The zero-order valence-corrected chi connectivity index (χ0v) is 10.4. The molecule has 0 fully saturated rings. The second-order valence-corrected chi connectivity index (χ2v) is 4.48. The summed E-state index contributed by atoms with van der Waals surface area (Å²) < 4.78 is 8.88. The summed E-state index contributed by atoms with van der Waals surface area (Å²) in [5.74, 6) is 1.06. The molecule has 0 aliphatic rings. The van der Waals surface area contributed by atoms with E-state index in [1.54, 1.807) is 0 Å². The Bertz CT molecular complexity index is 134. The summed E-state index contributed by atoms with van der Waals surface area (Å²) >= 11 is 4.15. The van der Waals surface area contributed by atoms with Gasteiger partial charge in [0.1, 0.15) is 0 Å². The fraction of sp³-hybridized carbons (Fsp3) is 1.00. The lowest BCUT2D eigenvalue weighted by Crippen LogP contribution is -1.78. The molecule has 0 atom stereocenters. The Labute approximate surface area is 91.4 Å². The Morgan fingerprint density at radius 2 is 1.36 bits per heavy atom. The lowest BCUT2D eigenvalue weighted by molar-refractivity contribution is 0.275. The van der Waals surface area contributed by atoms with Crippen molar-refractivity contribution < 1.29 is 19.2 Å². The summed E-state index contributed by atoms with van der Waals surface area (Å²) in [6, 6.07) is 0. The van der Waals surface area contributed by atoms with Gasteiger partial charge in [-0.25, -0.2) is 4.57 Å². The van der Waals surface area contributed by atoms with Crippen LogP contribution in [0.5, 0.6) is 0 Å². The molecule has 0 radical (unpaired) electrons. The Morgan fingerprint density at radius 1 is 1.00 bits per heavy atom. The molecule has 0 aliphatic heterocycles. The molecule has 0 aromatic rings. The molecule has 0 heterocycles. The normalized spacial score (nSPS) is 10.6. The molecule has 0 unspecified atom stereocenters. The number of thiol groups is 1. The van der Waals surface area contributed by atoms with Gasteiger partial charge in [0.2, 0.25) is 0 Å². The van der Waals surface area contributed by atoms with E-state index in [2.05, 4.69) is 19.6 Å². The molecule has 0 rings (SSSR count). The Hall–Kier alpha value is 0.460. The van der Waals surface area contributed by atoms with Gasteiger partial charge in [-0.3, -0.25) is 0 Å². The quantitative estimate of drug-likeness (QED) is 0.328. The molecule has 4 nitrogen and oxygen atoms in total. The second-order valence-electron chi connectivity index (χ2n) is 3.00. The van der Waals surface area contributed by atoms with Crippen LogP contribution in [0.1, 0.15) is 45.4 Å². The minimum Gasteiger partial charge on any atom is -0.303 e. The van der Waals surface area contributed by atoms with Crippen molar-refractivity contribution in [1.29, 1.82) is 0 Å². The van der Waals surface area contributed by atoms with Crippen molar-refractivity contribution in [2.24, 2.45) is 0 Å². The first-order valence-corrected chi connectivity index (χ1v) is 7.00. The van der Waals surface area contributed by atoms with E-state index in [0.717, 1.165) is 5.75 Å². The van der Waals surface area contributed by atoms with Crippen LogP contribution < -0.4 is 0 Å². The molecule has 0 aromatic carbocycles. The van der Waals surface area contributed by atoms with Crippen molar-refractivity contribution in [3.8, 4) is 0 Å². The van der Waals surface area contributed by atoms with Gasteiger partial charge in [0.05, 0.1) is 0 Å². The monoisotopic (exact) mass is 244 g/mol. The third-order valence-corrected chi connectivity index (χ3v) is 1.83. The van der Waals surface area contributed by atoms with Gasteiger partial charge in [-0.2, -0.15) is 12.6 Å². The number of phosphoric acid groups is 1. The largest absolute Gasteiger partial charge is 0.466 e. The highest BCUT2D eigenvalue weighted by atomic mass is 32.1. The third-order valence-electron chi connectivity index (χ3n) is 1.51. The molecule has 6 heteroatoms. The van der Waals surface area contributed by atoms with Crippen LogP contribution in [0.2, 0.25) is 0 Å². The highest BCUT2D eigenvalue weighted by molar-refractivity contribution is 7.80. The van der Waals surface area contributed by atoms with Crippen molar-refractivity contribution >= 4 is 20.5 Å². The van der Waals surface area contributed by atoms with E-state index in [4.69, 9.17) is 19.2 Å². The standard InChI is InChI=1S/C8H18S.H3O4P/c1-2-3-4-5-6-7-8-9;1-5(2,3)4/h9H,2-8H2,1H3;(H3,1,2,3,4). The lowest BCUT2D eigenvalue weighted by atomic mass is 10.1. The van der Waals surface area contributed by atoms with Crippen LogP contribution in [0.4, 0.5) is 0 Å². The molecule has 0 saturated heterocycles. The summed E-state index contributed by atoms with van der Waals surface area (Å²) in [6.07, 6.45) is 8.27. The van der Waals surface area contributed by atoms with E-state index in [-0.39, 0.29) is 0 Å². The molecule has 0 amide bonds. The summed E-state index contributed by atoms with van der Waals surface area (Å²) in [5.41, 5.74) is 0. The number of rotatable bonds is 6. The average Bonchev–Trinajstić information content (AvgIpc) is 2.01. The molecule has 0 bridgehead atoms. The smallest absolute Gasteiger partial charge is 0.303 e. The first-order chi connectivity index (χ1) is 6.41. The number of hydrogen-bond acceptors (Lipinski definition) is 2. The van der Waals surface area contributed by atoms with Gasteiger partial charge in [-0.15, -0.1) is 0 Å². The SMILES string of the molecule is CCCCCCCCS.O=P(O)(O)O. The highest BCUT2D eigenvalue weighted by Gasteiger charge is 2.00. The molecule has 14 heavy (non-hydrogen) atoms. The minimum atomic E-state index is -4.64. The van der Waals surface area contributed by atoms with Crippen molar-refractivity contribution in [3.05, 3.63) is 0 Å². The first kappa shape index (κ1) is 16.9. The zero-order chi connectivity index (χ0) is 11.4. The van der Waals surface area contributed by atoms with Crippen LogP contribution in [0.25, 0.3) is 0 Å². The van der Waals surface area contributed by atoms with E-state index >= 15 is 0 Å². The topological polar surface area (TPSA) is 77.8 Å². The molecule has 88 valence electrons. The highest BCUT2D eigenvalue weighted by Crippen LogP contribution is 2.25. The van der Waals surface area contributed by atoms with Gasteiger partial charge >= 0.3 is 7.82 Å². The maximum Gasteiger partial charge on any atom is 0.466 e. The number of hydrogen-bond donors (Lipinski definition) is 4. The van der Waals surface area contributed by atoms with Crippen molar-refractivity contribution in [1.82, 2.24) is 0 Å². The second kappa shape index (κ2) is 11.5. The Balaban J connectivity index is 0. The maximum absolute atomic E-state index is 8.88. The Morgan fingerprint density at radius 3 is 1.71 bits per heavy atom. The van der Waals surface area contributed by atoms with E-state index < -0.39 is 7.82 Å². The van der Waals surface area contributed by atoms with Crippen LogP contribution in [-0.2, 0) is 4.57 Å². The van der Waals surface area contributed by atoms with Crippen molar-refractivity contribution in [2.75, 3.05) is 5.75 Å². The predicted octanol–water partition coefficient (Wildman–Crippen LogP) is 2.35. The molecule has 0 saturated carbocycles. The van der Waals surface area contributed by atoms with E-state index in [0.29, 0.717) is 0 Å². The molecule has 0 spiro atoms. The minimum absolute atomic E-state index is 1.06.